The van der Waals surface area contributed by atoms with Crippen LogP contribution in [0.5, 0.6) is 0 Å². The summed E-state index contributed by atoms with van der Waals surface area (Å²) in [5, 5.41) is 12.1. The number of nitriles is 1. The van der Waals surface area contributed by atoms with Crippen LogP contribution >= 0.6 is 0 Å². The largest absolute Gasteiger partial charge is 0.419 e. The number of rotatable bonds is 6. The van der Waals surface area contributed by atoms with Crippen LogP contribution in [0.2, 0.25) is 0 Å². The standard InChI is InChI=1S/C19H22N4O3S/c1-2-11-21-19-17(14-20)22-18(26-19)15-7-9-16(10-8-15)27(24,25)23-12-5-3-4-6-13-23/h2,7-10,21H,1,3-6,11-13H2. The first-order chi connectivity index (χ1) is 13.1. The summed E-state index contributed by atoms with van der Waals surface area (Å²) in [4.78, 5) is 4.42. The van der Waals surface area contributed by atoms with Crippen LogP contribution in [0.3, 0.4) is 0 Å². The van der Waals surface area contributed by atoms with E-state index in [4.69, 9.17) is 4.42 Å². The van der Waals surface area contributed by atoms with Crippen molar-refractivity contribution in [2.45, 2.75) is 30.6 Å². The monoisotopic (exact) mass is 386 g/mol. The molecule has 0 bridgehead atoms. The molecule has 1 aromatic carbocycles. The first kappa shape index (κ1) is 19.1. The molecular formula is C19H22N4O3S. The van der Waals surface area contributed by atoms with Crippen molar-refractivity contribution < 1.29 is 12.8 Å². The van der Waals surface area contributed by atoms with E-state index < -0.39 is 10.0 Å². The lowest BCUT2D eigenvalue weighted by Gasteiger charge is -2.19. The van der Waals surface area contributed by atoms with E-state index >= 15 is 0 Å². The van der Waals surface area contributed by atoms with Gasteiger partial charge in [-0.25, -0.2) is 8.42 Å². The minimum absolute atomic E-state index is 0.146. The summed E-state index contributed by atoms with van der Waals surface area (Å²) < 4.78 is 32.8. The van der Waals surface area contributed by atoms with Gasteiger partial charge in [0.05, 0.1) is 4.90 Å². The van der Waals surface area contributed by atoms with Crippen LogP contribution in [-0.4, -0.2) is 37.3 Å². The van der Waals surface area contributed by atoms with Crippen molar-refractivity contribution in [3.63, 3.8) is 0 Å². The number of benzene rings is 1. The predicted octanol–water partition coefficient (Wildman–Crippen LogP) is 3.38. The molecule has 1 aliphatic rings. The molecule has 1 fully saturated rings. The molecule has 1 saturated heterocycles. The molecule has 3 rings (SSSR count). The number of hydrogen-bond acceptors (Lipinski definition) is 6. The molecule has 142 valence electrons. The number of anilines is 1. The second kappa shape index (κ2) is 8.37. The van der Waals surface area contributed by atoms with E-state index in [0.29, 0.717) is 25.2 Å². The van der Waals surface area contributed by atoms with Gasteiger partial charge >= 0.3 is 0 Å². The first-order valence-electron chi connectivity index (χ1n) is 8.92. The normalized spacial score (nSPS) is 15.7. The van der Waals surface area contributed by atoms with Gasteiger partial charge in [0.15, 0.2) is 0 Å². The van der Waals surface area contributed by atoms with Gasteiger partial charge in [-0.2, -0.15) is 14.6 Å². The van der Waals surface area contributed by atoms with Crippen molar-refractivity contribution in [2.24, 2.45) is 0 Å². The molecule has 1 aromatic heterocycles. The third-order valence-electron chi connectivity index (χ3n) is 4.44. The summed E-state index contributed by atoms with van der Waals surface area (Å²) in [6, 6.07) is 8.39. The van der Waals surface area contributed by atoms with Crippen LogP contribution in [0.15, 0.2) is 46.2 Å². The number of hydrogen-bond donors (Lipinski definition) is 1. The highest BCUT2D eigenvalue weighted by Crippen LogP contribution is 2.27. The van der Waals surface area contributed by atoms with Gasteiger partial charge < -0.3 is 9.73 Å². The van der Waals surface area contributed by atoms with E-state index in [2.05, 4.69) is 16.9 Å². The topological polar surface area (TPSA) is 99.2 Å². The number of aromatic nitrogens is 1. The van der Waals surface area contributed by atoms with E-state index in [0.717, 1.165) is 25.7 Å². The zero-order valence-corrected chi connectivity index (χ0v) is 15.8. The molecule has 0 spiro atoms. The van der Waals surface area contributed by atoms with E-state index in [1.165, 1.54) is 0 Å². The molecule has 2 heterocycles. The zero-order chi connectivity index (χ0) is 19.3. The highest BCUT2D eigenvalue weighted by atomic mass is 32.2. The number of nitrogens with one attached hydrogen (secondary N) is 1. The minimum Gasteiger partial charge on any atom is -0.419 e. The Morgan fingerprint density at radius 1 is 1.22 bits per heavy atom. The summed E-state index contributed by atoms with van der Waals surface area (Å²) in [6.45, 7) is 5.17. The van der Waals surface area contributed by atoms with Crippen molar-refractivity contribution in [3.05, 3.63) is 42.6 Å². The van der Waals surface area contributed by atoms with E-state index in [1.807, 2.05) is 6.07 Å². The maximum Gasteiger partial charge on any atom is 0.243 e. The Morgan fingerprint density at radius 2 is 1.89 bits per heavy atom. The van der Waals surface area contributed by atoms with Crippen molar-refractivity contribution in [1.82, 2.24) is 9.29 Å². The molecule has 1 aliphatic heterocycles. The molecular weight excluding hydrogens is 364 g/mol. The van der Waals surface area contributed by atoms with Crippen LogP contribution in [0.4, 0.5) is 5.88 Å². The number of oxazole rings is 1. The van der Waals surface area contributed by atoms with Gasteiger partial charge in [-0.05, 0) is 37.1 Å². The third kappa shape index (κ3) is 4.21. The molecule has 0 unspecified atom stereocenters. The Hall–Kier alpha value is -2.63. The van der Waals surface area contributed by atoms with Crippen molar-refractivity contribution >= 4 is 15.9 Å². The fourth-order valence-corrected chi connectivity index (χ4v) is 4.52. The van der Waals surface area contributed by atoms with Gasteiger partial charge in [0.25, 0.3) is 0 Å². The summed E-state index contributed by atoms with van der Waals surface area (Å²) in [5.74, 6) is 0.533. The fourth-order valence-electron chi connectivity index (χ4n) is 3.00. The Balaban J connectivity index is 1.84. The maximum absolute atomic E-state index is 12.8. The van der Waals surface area contributed by atoms with Gasteiger partial charge in [0, 0.05) is 25.2 Å². The molecule has 2 aromatic rings. The summed E-state index contributed by atoms with van der Waals surface area (Å²) >= 11 is 0. The second-order valence-electron chi connectivity index (χ2n) is 6.32. The molecule has 27 heavy (non-hydrogen) atoms. The van der Waals surface area contributed by atoms with Crippen molar-refractivity contribution in [3.8, 4) is 17.5 Å². The average molecular weight is 386 g/mol. The zero-order valence-electron chi connectivity index (χ0n) is 15.0. The molecule has 8 heteroatoms. The molecule has 0 saturated carbocycles. The van der Waals surface area contributed by atoms with E-state index in [-0.39, 0.29) is 22.4 Å². The van der Waals surface area contributed by atoms with Gasteiger partial charge in [0.2, 0.25) is 27.5 Å². The fraction of sp³-hybridized carbons (Fsp3) is 0.368. The highest BCUT2D eigenvalue weighted by molar-refractivity contribution is 7.89. The minimum atomic E-state index is -3.50. The molecule has 0 radical (unpaired) electrons. The van der Waals surface area contributed by atoms with Crippen molar-refractivity contribution in [1.29, 1.82) is 5.26 Å². The van der Waals surface area contributed by atoms with Gasteiger partial charge in [0.1, 0.15) is 6.07 Å². The molecule has 0 atom stereocenters. The molecule has 0 aliphatic carbocycles. The summed E-state index contributed by atoms with van der Waals surface area (Å²) in [5.41, 5.74) is 0.751. The van der Waals surface area contributed by atoms with E-state index in [9.17, 15) is 13.7 Å². The quantitative estimate of drug-likeness (QED) is 0.764. The van der Waals surface area contributed by atoms with E-state index in [1.54, 1.807) is 34.6 Å². The van der Waals surface area contributed by atoms with Crippen LogP contribution in [-0.2, 0) is 10.0 Å². The van der Waals surface area contributed by atoms with Crippen molar-refractivity contribution in [2.75, 3.05) is 25.0 Å². The first-order valence-corrected chi connectivity index (χ1v) is 10.4. The molecule has 7 nitrogen and oxygen atoms in total. The van der Waals surface area contributed by atoms with Gasteiger partial charge in [-0.1, -0.05) is 18.9 Å². The maximum atomic E-state index is 12.8. The van der Waals surface area contributed by atoms with Crippen LogP contribution in [0, 0.1) is 11.3 Å². The Morgan fingerprint density at radius 3 is 2.48 bits per heavy atom. The second-order valence-corrected chi connectivity index (χ2v) is 8.26. The smallest absolute Gasteiger partial charge is 0.243 e. The highest BCUT2D eigenvalue weighted by Gasteiger charge is 2.25. The average Bonchev–Trinajstić information content (AvgIpc) is 2.89. The Kier molecular flexibility index (Phi) is 5.94. The lowest BCUT2D eigenvalue weighted by atomic mass is 10.2. The van der Waals surface area contributed by atoms with Gasteiger partial charge in [-0.15, -0.1) is 6.58 Å². The Bertz CT molecular complexity index is 934. The van der Waals surface area contributed by atoms with Gasteiger partial charge in [-0.3, -0.25) is 0 Å². The lowest BCUT2D eigenvalue weighted by molar-refractivity contribution is 0.423. The molecule has 0 amide bonds. The number of nitrogens with zero attached hydrogens (tertiary/aromatic N) is 3. The lowest BCUT2D eigenvalue weighted by Crippen LogP contribution is -2.31. The SMILES string of the molecule is C=CCNc1oc(-c2ccc(S(=O)(=O)N3CCCCCC3)cc2)nc1C#N. The van der Waals surface area contributed by atoms with Crippen LogP contribution < -0.4 is 5.32 Å². The predicted molar refractivity (Wildman–Crippen MR) is 103 cm³/mol. The summed E-state index contributed by atoms with van der Waals surface area (Å²) in [7, 11) is -3.50. The Labute approximate surface area is 159 Å². The summed E-state index contributed by atoms with van der Waals surface area (Å²) in [6.07, 6.45) is 5.57. The van der Waals surface area contributed by atoms with Crippen LogP contribution in [0.1, 0.15) is 31.4 Å². The number of sulfonamides is 1. The van der Waals surface area contributed by atoms with Crippen LogP contribution in [0.25, 0.3) is 11.5 Å². The third-order valence-corrected chi connectivity index (χ3v) is 6.36. The molecule has 1 N–H and O–H groups in total.